The van der Waals surface area contributed by atoms with Crippen molar-refractivity contribution in [2.24, 2.45) is 28.6 Å². The lowest BCUT2D eigenvalue weighted by atomic mass is 9.59. The number of aromatic nitrogens is 3. The molecule has 36 heavy (non-hydrogen) atoms. The van der Waals surface area contributed by atoms with E-state index in [0.29, 0.717) is 38.9 Å². The van der Waals surface area contributed by atoms with E-state index in [1.54, 1.807) is 28.9 Å². The molecule has 1 aromatic carbocycles. The third-order valence-corrected chi connectivity index (χ3v) is 8.05. The van der Waals surface area contributed by atoms with Crippen molar-refractivity contribution in [1.82, 2.24) is 14.6 Å². The quantitative estimate of drug-likeness (QED) is 0.351. The molecule has 0 aliphatic heterocycles. The molecule has 1 N–H and O–H groups in total. The Morgan fingerprint density at radius 3 is 2.25 bits per heavy atom. The number of hydrogen-bond donors (Lipinski definition) is 1. The zero-order valence-corrected chi connectivity index (χ0v) is 23.5. The average Bonchev–Trinajstić information content (AvgIpc) is 3.30. The number of nitrogens with zero attached hydrogens (tertiary/aromatic N) is 3. The molecule has 0 radical (unpaired) electrons. The maximum absolute atomic E-state index is 13.6. The van der Waals surface area contributed by atoms with E-state index in [2.05, 4.69) is 64.6 Å². The number of esters is 1. The lowest BCUT2D eigenvalue weighted by Gasteiger charge is -2.49. The van der Waals surface area contributed by atoms with Gasteiger partial charge in [0.2, 0.25) is 0 Å². The summed E-state index contributed by atoms with van der Waals surface area (Å²) >= 11 is 12.3. The predicted octanol–water partition coefficient (Wildman–Crippen LogP) is 7.79. The topological polar surface area (TPSA) is 83.2 Å². The summed E-state index contributed by atoms with van der Waals surface area (Å²) in [6.45, 7) is 15.7. The van der Waals surface area contributed by atoms with Gasteiger partial charge in [0.05, 0.1) is 5.56 Å². The van der Waals surface area contributed by atoms with Crippen molar-refractivity contribution < 1.29 is 9.53 Å². The van der Waals surface area contributed by atoms with Gasteiger partial charge in [0.1, 0.15) is 17.7 Å². The summed E-state index contributed by atoms with van der Waals surface area (Å²) in [4.78, 5) is 18.3. The van der Waals surface area contributed by atoms with Crippen molar-refractivity contribution in [2.75, 3.05) is 0 Å². The number of ether oxygens (including phenoxy) is 1. The third-order valence-electron chi connectivity index (χ3n) is 7.61. The molecule has 0 bridgehead atoms. The molecule has 192 valence electrons. The van der Waals surface area contributed by atoms with Crippen LogP contribution in [0.25, 0.3) is 17.0 Å². The van der Waals surface area contributed by atoms with Crippen LogP contribution in [0.5, 0.6) is 0 Å². The van der Waals surface area contributed by atoms with Crippen LogP contribution in [0.1, 0.15) is 77.2 Å². The van der Waals surface area contributed by atoms with Crippen LogP contribution in [0.4, 0.5) is 0 Å². The van der Waals surface area contributed by atoms with Crippen molar-refractivity contribution in [3.05, 3.63) is 45.6 Å². The number of nitrogens with one attached hydrogen (secondary N) is 1. The average molecular weight is 530 g/mol. The first-order valence-corrected chi connectivity index (χ1v) is 13.1. The van der Waals surface area contributed by atoms with E-state index < -0.39 is 5.97 Å². The molecule has 0 spiro atoms. The second-order valence-corrected chi connectivity index (χ2v) is 13.2. The number of nitriles is 1. The smallest absolute Gasteiger partial charge is 0.343 e. The monoisotopic (exact) mass is 528 g/mol. The molecule has 0 amide bonds. The van der Waals surface area contributed by atoms with Gasteiger partial charge in [-0.1, -0.05) is 71.7 Å². The number of H-pyrrole nitrogens is 1. The second-order valence-electron chi connectivity index (χ2n) is 12.3. The molecule has 1 fully saturated rings. The number of rotatable bonds is 3. The van der Waals surface area contributed by atoms with Crippen molar-refractivity contribution in [3.8, 4) is 17.5 Å². The van der Waals surface area contributed by atoms with Crippen molar-refractivity contribution in [3.63, 3.8) is 0 Å². The Bertz CT molecular complexity index is 1320. The number of hydrogen-bond acceptors (Lipinski definition) is 4. The lowest BCUT2D eigenvalue weighted by molar-refractivity contribution is -0.0693. The van der Waals surface area contributed by atoms with Crippen LogP contribution in [0.2, 0.25) is 10.0 Å². The van der Waals surface area contributed by atoms with Crippen LogP contribution in [-0.2, 0) is 4.74 Å². The number of aromatic amines is 1. The zero-order chi connectivity index (χ0) is 26.6. The van der Waals surface area contributed by atoms with E-state index in [1.165, 1.54) is 0 Å². The van der Waals surface area contributed by atoms with Crippen molar-refractivity contribution in [1.29, 1.82) is 5.26 Å². The first kappa shape index (κ1) is 26.6. The Labute approximate surface area is 222 Å². The summed E-state index contributed by atoms with van der Waals surface area (Å²) in [7, 11) is 0. The number of halogens is 2. The highest BCUT2D eigenvalue weighted by atomic mass is 35.5. The molecular weight excluding hydrogens is 495 g/mol. The van der Waals surface area contributed by atoms with Crippen LogP contribution in [0.3, 0.4) is 0 Å². The summed E-state index contributed by atoms with van der Waals surface area (Å²) < 4.78 is 7.82. The SMILES string of the molecule is C[C@H]1C[C@H](C(C)(C)C)[C@H](OC(=O)c2c(C#N)cn3[nH]c(-c4cc(Cl)cc(Cl)c4)nc23)C[C@H]1C(C)(C)C. The van der Waals surface area contributed by atoms with Gasteiger partial charge in [0, 0.05) is 27.7 Å². The van der Waals surface area contributed by atoms with Gasteiger partial charge in [-0.25, -0.2) is 14.3 Å². The fourth-order valence-electron chi connectivity index (χ4n) is 5.85. The molecule has 1 aliphatic carbocycles. The minimum atomic E-state index is -0.516. The molecule has 0 unspecified atom stereocenters. The maximum Gasteiger partial charge on any atom is 0.343 e. The summed E-state index contributed by atoms with van der Waals surface area (Å²) in [5.41, 5.74) is 1.48. The Balaban J connectivity index is 1.71. The first-order valence-electron chi connectivity index (χ1n) is 12.4. The van der Waals surface area contributed by atoms with Gasteiger partial charge < -0.3 is 4.74 Å². The van der Waals surface area contributed by atoms with Crippen molar-refractivity contribution in [2.45, 2.75) is 67.4 Å². The highest BCUT2D eigenvalue weighted by Gasteiger charge is 2.46. The van der Waals surface area contributed by atoms with E-state index in [1.807, 2.05) is 0 Å². The van der Waals surface area contributed by atoms with Crippen LogP contribution in [-0.4, -0.2) is 26.7 Å². The largest absolute Gasteiger partial charge is 0.458 e. The molecule has 1 saturated carbocycles. The molecule has 2 heterocycles. The minimum Gasteiger partial charge on any atom is -0.458 e. The number of carbonyl (C=O) groups is 1. The molecule has 4 rings (SSSR count). The standard InChI is InChI=1S/C28H34Cl2N4O2/c1-15-8-21(28(5,6)7)22(12-20(15)27(2,3)4)36-26(35)23-17(13-31)14-34-25(23)32-24(33-34)16-9-18(29)11-19(30)10-16/h9-11,14-15,20-22H,8,12H2,1-7H3,(H,32,33)/t15-,20+,21-,22+/m0/s1. The molecular formula is C28H34Cl2N4O2. The molecule has 3 aromatic rings. The van der Waals surface area contributed by atoms with Gasteiger partial charge in [-0.05, 0) is 53.7 Å². The van der Waals surface area contributed by atoms with Crippen LogP contribution >= 0.6 is 23.2 Å². The maximum atomic E-state index is 13.6. The van der Waals surface area contributed by atoms with Crippen LogP contribution in [0, 0.1) is 39.9 Å². The molecule has 6 nitrogen and oxygen atoms in total. The van der Waals surface area contributed by atoms with Crippen LogP contribution in [0.15, 0.2) is 24.4 Å². The lowest BCUT2D eigenvalue weighted by Crippen LogP contribution is -2.46. The van der Waals surface area contributed by atoms with Gasteiger partial charge in [-0.3, -0.25) is 5.10 Å². The Morgan fingerprint density at radius 2 is 1.69 bits per heavy atom. The Morgan fingerprint density at radius 1 is 1.08 bits per heavy atom. The Hall–Kier alpha value is -2.49. The summed E-state index contributed by atoms with van der Waals surface area (Å²) in [6, 6.07) is 7.23. The van der Waals surface area contributed by atoms with E-state index in [9.17, 15) is 10.1 Å². The molecule has 0 saturated heterocycles. The van der Waals surface area contributed by atoms with Crippen LogP contribution < -0.4 is 0 Å². The second kappa shape index (κ2) is 9.43. The van der Waals surface area contributed by atoms with E-state index in [-0.39, 0.29) is 34.0 Å². The molecule has 8 heteroatoms. The van der Waals surface area contributed by atoms with Gasteiger partial charge in [-0.15, -0.1) is 0 Å². The fourth-order valence-corrected chi connectivity index (χ4v) is 6.38. The molecule has 4 atom stereocenters. The van der Waals surface area contributed by atoms with E-state index in [4.69, 9.17) is 27.9 Å². The zero-order valence-electron chi connectivity index (χ0n) is 21.9. The van der Waals surface area contributed by atoms with Gasteiger partial charge >= 0.3 is 5.97 Å². The molecule has 1 aliphatic rings. The Kier molecular flexibility index (Phi) is 6.96. The predicted molar refractivity (Wildman–Crippen MR) is 143 cm³/mol. The van der Waals surface area contributed by atoms with E-state index >= 15 is 0 Å². The molecule has 2 aromatic heterocycles. The third kappa shape index (κ3) is 5.14. The highest BCUT2D eigenvalue weighted by Crippen LogP contribution is 2.49. The summed E-state index contributed by atoms with van der Waals surface area (Å²) in [5, 5.41) is 13.8. The minimum absolute atomic E-state index is 0.0262. The summed E-state index contributed by atoms with van der Waals surface area (Å²) in [6.07, 6.45) is 3.10. The van der Waals surface area contributed by atoms with Gasteiger partial charge in [-0.2, -0.15) is 5.26 Å². The number of carbonyl (C=O) groups excluding carboxylic acids is 1. The summed E-state index contributed by atoms with van der Waals surface area (Å²) in [5.74, 6) is 1.13. The van der Waals surface area contributed by atoms with Crippen molar-refractivity contribution >= 4 is 34.8 Å². The highest BCUT2D eigenvalue weighted by molar-refractivity contribution is 6.35. The van der Waals surface area contributed by atoms with Gasteiger partial charge in [0.15, 0.2) is 11.5 Å². The first-order chi connectivity index (χ1) is 16.7. The fraction of sp³-hybridized carbons (Fsp3) is 0.536. The number of benzene rings is 1. The van der Waals surface area contributed by atoms with Gasteiger partial charge in [0.25, 0.3) is 0 Å². The van der Waals surface area contributed by atoms with E-state index in [0.717, 1.165) is 12.8 Å². The normalized spacial score (nSPS) is 23.0. The number of fused-ring (bicyclic) bond motifs is 1.